The fourth-order valence-electron chi connectivity index (χ4n) is 2.67. The lowest BCUT2D eigenvalue weighted by molar-refractivity contribution is 0.617. The van der Waals surface area contributed by atoms with Crippen LogP contribution in [0.1, 0.15) is 30.9 Å². The van der Waals surface area contributed by atoms with Crippen molar-refractivity contribution >= 4 is 41.3 Å². The quantitative estimate of drug-likeness (QED) is 0.384. The zero-order chi connectivity index (χ0) is 16.1. The third-order valence-corrected chi connectivity index (χ3v) is 4.98. The lowest BCUT2D eigenvalue weighted by Crippen LogP contribution is -2.41. The van der Waals surface area contributed by atoms with Crippen molar-refractivity contribution in [3.05, 3.63) is 58.0 Å². The van der Waals surface area contributed by atoms with Crippen LogP contribution < -0.4 is 10.6 Å². The van der Waals surface area contributed by atoms with Gasteiger partial charge >= 0.3 is 0 Å². The van der Waals surface area contributed by atoms with Crippen molar-refractivity contribution in [2.45, 2.75) is 31.7 Å². The van der Waals surface area contributed by atoms with E-state index < -0.39 is 0 Å². The summed E-state index contributed by atoms with van der Waals surface area (Å²) in [6, 6.07) is 8.99. The molecule has 0 amide bonds. The molecule has 1 aromatic heterocycles. The first-order chi connectivity index (χ1) is 11.2. The minimum atomic E-state index is -0.178. The van der Waals surface area contributed by atoms with Gasteiger partial charge in [-0.1, -0.05) is 12.1 Å². The Morgan fingerprint density at radius 3 is 2.54 bits per heavy atom. The molecule has 2 N–H and O–H groups in total. The molecule has 0 bridgehead atoms. The Morgan fingerprint density at radius 1 is 1.21 bits per heavy atom. The third kappa shape index (κ3) is 4.92. The van der Waals surface area contributed by atoms with E-state index >= 15 is 0 Å². The Labute approximate surface area is 163 Å². The highest BCUT2D eigenvalue weighted by molar-refractivity contribution is 14.0. The van der Waals surface area contributed by atoms with Crippen molar-refractivity contribution in [3.63, 3.8) is 0 Å². The van der Waals surface area contributed by atoms with Crippen molar-refractivity contribution in [2.75, 3.05) is 13.1 Å². The largest absolute Gasteiger partial charge is 0.357 e. The van der Waals surface area contributed by atoms with Crippen LogP contribution in [-0.4, -0.2) is 19.0 Å². The Balaban J connectivity index is 0.00000208. The molecule has 1 heterocycles. The maximum atomic E-state index is 13.1. The molecule has 1 aromatic carbocycles. The molecule has 1 saturated carbocycles. The Bertz CT molecular complexity index is 651. The van der Waals surface area contributed by atoms with Crippen LogP contribution in [0, 0.1) is 5.82 Å². The summed E-state index contributed by atoms with van der Waals surface area (Å²) in [7, 11) is 0. The van der Waals surface area contributed by atoms with Crippen LogP contribution in [0.5, 0.6) is 0 Å². The summed E-state index contributed by atoms with van der Waals surface area (Å²) in [6.07, 6.45) is 2.27. The van der Waals surface area contributed by atoms with Gasteiger partial charge in [0, 0.05) is 18.5 Å². The second-order valence-electron chi connectivity index (χ2n) is 5.97. The Hall–Kier alpha value is -1.15. The second-order valence-corrected chi connectivity index (χ2v) is 6.75. The van der Waals surface area contributed by atoms with Gasteiger partial charge in [-0.2, -0.15) is 11.3 Å². The molecule has 0 radical (unpaired) electrons. The second kappa shape index (κ2) is 8.80. The van der Waals surface area contributed by atoms with Crippen LogP contribution in [0.2, 0.25) is 0 Å². The first-order valence-electron chi connectivity index (χ1n) is 8.01. The molecule has 0 saturated heterocycles. The molecule has 3 nitrogen and oxygen atoms in total. The van der Waals surface area contributed by atoms with Gasteiger partial charge in [0.05, 0.1) is 6.54 Å². The number of aliphatic imine (C=N–C) groups is 1. The molecule has 0 aliphatic heterocycles. The molecule has 3 rings (SSSR count). The summed E-state index contributed by atoms with van der Waals surface area (Å²) in [5.74, 6) is 0.662. The predicted molar refractivity (Wildman–Crippen MR) is 110 cm³/mol. The fraction of sp³-hybridized carbons (Fsp3) is 0.389. The standard InChI is InChI=1S/C18H22FN3S.HI/c1-2-20-17(21-11-14-7-10-23-12-14)22-13-18(8-9-18)15-3-5-16(19)6-4-15;/h3-7,10,12H,2,8-9,11,13H2,1H3,(H2,20,21,22);1H. The fourth-order valence-corrected chi connectivity index (χ4v) is 3.33. The summed E-state index contributed by atoms with van der Waals surface area (Å²) in [5, 5.41) is 10.9. The highest BCUT2D eigenvalue weighted by atomic mass is 127. The van der Waals surface area contributed by atoms with Crippen LogP contribution in [0.3, 0.4) is 0 Å². The molecule has 130 valence electrons. The zero-order valence-electron chi connectivity index (χ0n) is 13.7. The number of thiophene rings is 1. The molecule has 0 unspecified atom stereocenters. The summed E-state index contributed by atoms with van der Waals surface area (Å²) >= 11 is 1.69. The third-order valence-electron chi connectivity index (χ3n) is 4.25. The number of halogens is 2. The van der Waals surface area contributed by atoms with E-state index in [2.05, 4.69) is 39.4 Å². The molecule has 1 aliphatic rings. The number of hydrogen-bond acceptors (Lipinski definition) is 2. The van der Waals surface area contributed by atoms with E-state index in [0.29, 0.717) is 6.54 Å². The van der Waals surface area contributed by atoms with Gasteiger partial charge in [0.15, 0.2) is 5.96 Å². The van der Waals surface area contributed by atoms with Gasteiger partial charge in [-0.3, -0.25) is 0 Å². The molecule has 2 aromatic rings. The van der Waals surface area contributed by atoms with Crippen LogP contribution in [-0.2, 0) is 12.0 Å². The monoisotopic (exact) mass is 459 g/mol. The van der Waals surface area contributed by atoms with E-state index in [9.17, 15) is 4.39 Å². The van der Waals surface area contributed by atoms with Gasteiger partial charge in [-0.15, -0.1) is 24.0 Å². The molecule has 6 heteroatoms. The van der Waals surface area contributed by atoms with Crippen LogP contribution in [0.4, 0.5) is 4.39 Å². The number of rotatable bonds is 6. The molecule has 0 spiro atoms. The highest BCUT2D eigenvalue weighted by Crippen LogP contribution is 2.47. The summed E-state index contributed by atoms with van der Waals surface area (Å²) in [4.78, 5) is 4.64. The molecular weight excluding hydrogens is 436 g/mol. The maximum absolute atomic E-state index is 13.1. The number of hydrogen-bond donors (Lipinski definition) is 2. The zero-order valence-corrected chi connectivity index (χ0v) is 16.9. The lowest BCUT2D eigenvalue weighted by Gasteiger charge is -2.19. The van der Waals surface area contributed by atoms with Gasteiger partial charge in [-0.25, -0.2) is 9.38 Å². The maximum Gasteiger partial charge on any atom is 0.191 e. The number of nitrogens with zero attached hydrogens (tertiary/aromatic N) is 1. The molecular formula is C18H23FIN3S. The van der Waals surface area contributed by atoms with Gasteiger partial charge in [-0.05, 0) is 59.9 Å². The van der Waals surface area contributed by atoms with E-state index in [4.69, 9.17) is 0 Å². The van der Waals surface area contributed by atoms with Gasteiger partial charge < -0.3 is 10.6 Å². The summed E-state index contributed by atoms with van der Waals surface area (Å²) in [6.45, 7) is 4.41. The average molecular weight is 459 g/mol. The lowest BCUT2D eigenvalue weighted by atomic mass is 9.96. The summed E-state index contributed by atoms with van der Waals surface area (Å²) < 4.78 is 13.1. The van der Waals surface area contributed by atoms with Crippen molar-refractivity contribution in [3.8, 4) is 0 Å². The van der Waals surface area contributed by atoms with Crippen molar-refractivity contribution in [1.29, 1.82) is 0 Å². The van der Waals surface area contributed by atoms with Crippen LogP contribution >= 0.6 is 35.3 Å². The minimum absolute atomic E-state index is 0. The normalized spacial score (nSPS) is 15.5. The topological polar surface area (TPSA) is 36.4 Å². The molecule has 0 atom stereocenters. The highest BCUT2D eigenvalue weighted by Gasteiger charge is 2.44. The molecule has 1 aliphatic carbocycles. The van der Waals surface area contributed by atoms with Crippen LogP contribution in [0.15, 0.2) is 46.1 Å². The average Bonchev–Trinajstić information content (AvgIpc) is 3.16. The van der Waals surface area contributed by atoms with Crippen molar-refractivity contribution in [1.82, 2.24) is 10.6 Å². The SMILES string of the molecule is CCNC(=NCc1ccsc1)NCC1(c2ccc(F)cc2)CC1.I. The van der Waals surface area contributed by atoms with E-state index in [1.165, 1.54) is 11.1 Å². The van der Waals surface area contributed by atoms with E-state index in [-0.39, 0.29) is 35.2 Å². The Morgan fingerprint density at radius 2 is 1.96 bits per heavy atom. The Kier molecular flexibility index (Phi) is 7.03. The molecule has 1 fully saturated rings. The number of nitrogens with one attached hydrogen (secondary N) is 2. The van der Waals surface area contributed by atoms with Gasteiger partial charge in [0.1, 0.15) is 5.82 Å². The van der Waals surface area contributed by atoms with Crippen molar-refractivity contribution in [2.24, 2.45) is 4.99 Å². The van der Waals surface area contributed by atoms with E-state index in [1.54, 1.807) is 23.5 Å². The smallest absolute Gasteiger partial charge is 0.191 e. The number of guanidine groups is 1. The first kappa shape index (κ1) is 19.2. The number of benzene rings is 1. The van der Waals surface area contributed by atoms with E-state index in [1.807, 2.05) is 12.1 Å². The minimum Gasteiger partial charge on any atom is -0.357 e. The van der Waals surface area contributed by atoms with Gasteiger partial charge in [0.2, 0.25) is 0 Å². The molecule has 24 heavy (non-hydrogen) atoms. The van der Waals surface area contributed by atoms with Crippen LogP contribution in [0.25, 0.3) is 0 Å². The predicted octanol–water partition coefficient (Wildman–Crippen LogP) is 4.29. The first-order valence-corrected chi connectivity index (χ1v) is 8.95. The van der Waals surface area contributed by atoms with E-state index in [0.717, 1.165) is 31.9 Å². The van der Waals surface area contributed by atoms with Crippen molar-refractivity contribution < 1.29 is 4.39 Å². The van der Waals surface area contributed by atoms with Gasteiger partial charge in [0.25, 0.3) is 0 Å². The summed E-state index contributed by atoms with van der Waals surface area (Å²) in [5.41, 5.74) is 2.57.